The number of ketones is 1. The van der Waals surface area contributed by atoms with Gasteiger partial charge >= 0.3 is 0 Å². The normalized spacial score (nSPS) is 11.7. The first kappa shape index (κ1) is 13.6. The summed E-state index contributed by atoms with van der Waals surface area (Å²) < 4.78 is 0. The fraction of sp³-hybridized carbons (Fsp3) is 0. The van der Waals surface area contributed by atoms with Gasteiger partial charge in [-0.25, -0.2) is 0 Å². The summed E-state index contributed by atoms with van der Waals surface area (Å²) in [4.78, 5) is 11.7. The van der Waals surface area contributed by atoms with Crippen molar-refractivity contribution in [3.63, 3.8) is 0 Å². The number of aromatic hydroxyl groups is 1. The highest BCUT2D eigenvalue weighted by Gasteiger charge is 2.05. The topological polar surface area (TPSA) is 57.5 Å². The second-order valence-corrected chi connectivity index (χ2v) is 4.19. The van der Waals surface area contributed by atoms with E-state index in [0.29, 0.717) is 0 Å². The van der Waals surface area contributed by atoms with Crippen LogP contribution >= 0.6 is 0 Å². The molecule has 100 valence electrons. The zero-order valence-corrected chi connectivity index (χ0v) is 10.7. The summed E-state index contributed by atoms with van der Waals surface area (Å²) in [7, 11) is 0. The summed E-state index contributed by atoms with van der Waals surface area (Å²) in [5.41, 5.74) is 1.13. The van der Waals surface area contributed by atoms with Crippen LogP contribution in [0.15, 0.2) is 66.7 Å². The third-order valence-electron chi connectivity index (χ3n) is 2.70. The number of carbonyl (C=O) groups excluding carboxylic acids is 1. The molecule has 0 atom stereocenters. The van der Waals surface area contributed by atoms with Crippen molar-refractivity contribution in [1.29, 1.82) is 0 Å². The number of carbonyl (C=O) groups is 1. The number of rotatable bonds is 4. The molecule has 2 N–H and O–H groups in total. The number of benzene rings is 2. The third kappa shape index (κ3) is 3.59. The van der Waals surface area contributed by atoms with Crippen molar-refractivity contribution in [2.75, 3.05) is 0 Å². The van der Waals surface area contributed by atoms with Crippen molar-refractivity contribution in [2.24, 2.45) is 0 Å². The van der Waals surface area contributed by atoms with Gasteiger partial charge in [0.1, 0.15) is 11.5 Å². The number of hydrogen-bond donors (Lipinski definition) is 2. The molecule has 2 aromatic rings. The number of allylic oxidation sites excluding steroid dienone is 2. The van der Waals surface area contributed by atoms with Crippen LogP contribution < -0.4 is 0 Å². The molecule has 0 radical (unpaired) electrons. The van der Waals surface area contributed by atoms with E-state index in [2.05, 4.69) is 0 Å². The fourth-order valence-electron chi connectivity index (χ4n) is 1.69. The number of aliphatic hydroxyl groups is 1. The van der Waals surface area contributed by atoms with Crippen molar-refractivity contribution in [3.8, 4) is 5.75 Å². The maximum absolute atomic E-state index is 11.7. The fourth-order valence-corrected chi connectivity index (χ4v) is 1.69. The van der Waals surface area contributed by atoms with Crippen LogP contribution in [-0.4, -0.2) is 16.0 Å². The third-order valence-corrected chi connectivity index (χ3v) is 2.70. The largest absolute Gasteiger partial charge is 0.507 e. The summed E-state index contributed by atoms with van der Waals surface area (Å²) in [5, 5.41) is 19.4. The molecule has 0 spiro atoms. The quantitative estimate of drug-likeness (QED) is 0.657. The van der Waals surface area contributed by atoms with Gasteiger partial charge in [-0.1, -0.05) is 48.5 Å². The van der Waals surface area contributed by atoms with E-state index in [9.17, 15) is 15.0 Å². The highest BCUT2D eigenvalue weighted by molar-refractivity contribution is 6.05. The van der Waals surface area contributed by atoms with Crippen molar-refractivity contribution in [3.05, 3.63) is 77.9 Å². The Labute approximate surface area is 117 Å². The predicted octanol–water partition coefficient (Wildman–Crippen LogP) is 3.57. The number of phenols is 1. The second-order valence-electron chi connectivity index (χ2n) is 4.19. The van der Waals surface area contributed by atoms with Crippen LogP contribution in [0.25, 0.3) is 11.8 Å². The molecule has 3 heteroatoms. The molecule has 0 aliphatic carbocycles. The Kier molecular flexibility index (Phi) is 4.35. The van der Waals surface area contributed by atoms with Crippen molar-refractivity contribution in [1.82, 2.24) is 0 Å². The molecular weight excluding hydrogens is 252 g/mol. The summed E-state index contributed by atoms with van der Waals surface area (Å²) in [6, 6.07) is 15.7. The monoisotopic (exact) mass is 266 g/mol. The minimum atomic E-state index is -0.352. The van der Waals surface area contributed by atoms with Crippen LogP contribution in [0.4, 0.5) is 0 Å². The molecule has 0 fully saturated rings. The minimum Gasteiger partial charge on any atom is -0.507 e. The van der Waals surface area contributed by atoms with E-state index in [-0.39, 0.29) is 22.9 Å². The van der Waals surface area contributed by atoms with E-state index in [1.807, 2.05) is 30.3 Å². The number of aliphatic hydroxyl groups excluding tert-OH is 1. The Bertz CT molecular complexity index is 655. The Morgan fingerprint density at radius 2 is 1.60 bits per heavy atom. The van der Waals surface area contributed by atoms with Gasteiger partial charge in [0.2, 0.25) is 0 Å². The minimum absolute atomic E-state index is 0.0684. The van der Waals surface area contributed by atoms with E-state index in [1.54, 1.807) is 18.2 Å². The smallest absolute Gasteiger partial charge is 0.182 e. The average Bonchev–Trinajstić information content (AvgIpc) is 2.46. The summed E-state index contributed by atoms with van der Waals surface area (Å²) in [6.45, 7) is 0. The molecule has 0 aliphatic rings. The highest BCUT2D eigenvalue weighted by Crippen LogP contribution is 2.22. The van der Waals surface area contributed by atoms with Gasteiger partial charge in [-0.05, 0) is 23.8 Å². The Morgan fingerprint density at radius 1 is 0.950 bits per heavy atom. The maximum Gasteiger partial charge on any atom is 0.182 e. The molecule has 20 heavy (non-hydrogen) atoms. The lowest BCUT2D eigenvalue weighted by Crippen LogP contribution is -1.91. The lowest BCUT2D eigenvalue weighted by molar-refractivity contribution is -0.110. The van der Waals surface area contributed by atoms with Crippen LogP contribution in [0.5, 0.6) is 5.75 Å². The zero-order chi connectivity index (χ0) is 14.4. The Balaban J connectivity index is 2.13. The van der Waals surface area contributed by atoms with Crippen molar-refractivity contribution < 1.29 is 15.0 Å². The molecule has 0 saturated heterocycles. The average molecular weight is 266 g/mol. The lowest BCUT2D eigenvalue weighted by Gasteiger charge is -2.01. The first-order valence-corrected chi connectivity index (χ1v) is 6.13. The molecule has 0 aromatic heterocycles. The zero-order valence-electron chi connectivity index (χ0n) is 10.7. The lowest BCUT2D eigenvalue weighted by atomic mass is 10.1. The highest BCUT2D eigenvalue weighted by atomic mass is 16.3. The van der Waals surface area contributed by atoms with E-state index in [4.69, 9.17) is 0 Å². The van der Waals surface area contributed by atoms with Crippen LogP contribution in [0, 0.1) is 0 Å². The van der Waals surface area contributed by atoms with Gasteiger partial charge in [0, 0.05) is 6.08 Å². The standard InChI is InChI=1S/C17H14O3/c18-14(11-10-13-6-2-1-3-7-13)12-17(20)15-8-4-5-9-16(15)19/h1-12,19-20H/b11-10?,17-12-. The number of para-hydroxylation sites is 1. The van der Waals surface area contributed by atoms with Crippen LogP contribution in [0.2, 0.25) is 0 Å². The summed E-state index contributed by atoms with van der Waals surface area (Å²) >= 11 is 0. The summed E-state index contributed by atoms with van der Waals surface area (Å²) in [6.07, 6.45) is 4.11. The van der Waals surface area contributed by atoms with Gasteiger partial charge in [-0.3, -0.25) is 4.79 Å². The van der Waals surface area contributed by atoms with Gasteiger partial charge in [0.05, 0.1) is 5.56 Å². The van der Waals surface area contributed by atoms with Gasteiger partial charge in [0.25, 0.3) is 0 Å². The molecule has 3 nitrogen and oxygen atoms in total. The van der Waals surface area contributed by atoms with Gasteiger partial charge in [-0.15, -0.1) is 0 Å². The van der Waals surface area contributed by atoms with Crippen molar-refractivity contribution >= 4 is 17.6 Å². The first-order valence-electron chi connectivity index (χ1n) is 6.13. The van der Waals surface area contributed by atoms with Gasteiger partial charge in [-0.2, -0.15) is 0 Å². The maximum atomic E-state index is 11.7. The summed E-state index contributed by atoms with van der Waals surface area (Å²) in [5.74, 6) is -0.679. The van der Waals surface area contributed by atoms with E-state index in [0.717, 1.165) is 11.6 Å². The molecule has 2 rings (SSSR count). The molecule has 0 aliphatic heterocycles. The molecule has 0 unspecified atom stereocenters. The second kappa shape index (κ2) is 6.38. The molecule has 0 amide bonds. The molecule has 2 aromatic carbocycles. The Hall–Kier alpha value is -2.81. The number of phenolic OH excluding ortho intramolecular Hbond substituents is 1. The van der Waals surface area contributed by atoms with Crippen LogP contribution in [0.3, 0.4) is 0 Å². The molecular formula is C17H14O3. The van der Waals surface area contributed by atoms with Crippen LogP contribution in [0.1, 0.15) is 11.1 Å². The molecule has 0 bridgehead atoms. The number of hydrogen-bond acceptors (Lipinski definition) is 3. The van der Waals surface area contributed by atoms with Crippen LogP contribution in [-0.2, 0) is 4.79 Å². The van der Waals surface area contributed by atoms with Gasteiger partial charge in [0.15, 0.2) is 5.78 Å². The Morgan fingerprint density at radius 3 is 2.30 bits per heavy atom. The van der Waals surface area contributed by atoms with E-state index < -0.39 is 0 Å². The SMILES string of the molecule is O=C(C=Cc1ccccc1)/C=C(\O)c1ccccc1O. The van der Waals surface area contributed by atoms with E-state index >= 15 is 0 Å². The first-order chi connectivity index (χ1) is 9.66. The van der Waals surface area contributed by atoms with E-state index in [1.165, 1.54) is 18.2 Å². The molecule has 0 saturated carbocycles. The predicted molar refractivity (Wildman–Crippen MR) is 79.2 cm³/mol. The molecule has 0 heterocycles. The van der Waals surface area contributed by atoms with Gasteiger partial charge < -0.3 is 10.2 Å². The van der Waals surface area contributed by atoms with Crippen molar-refractivity contribution in [2.45, 2.75) is 0 Å².